The van der Waals surface area contributed by atoms with E-state index in [0.29, 0.717) is 22.2 Å². The van der Waals surface area contributed by atoms with E-state index in [2.05, 4.69) is 35.8 Å². The number of hydrogen-bond acceptors (Lipinski definition) is 9. The van der Waals surface area contributed by atoms with Crippen molar-refractivity contribution >= 4 is 40.8 Å². The summed E-state index contributed by atoms with van der Waals surface area (Å²) in [7, 11) is 0. The van der Waals surface area contributed by atoms with E-state index < -0.39 is 5.91 Å². The highest BCUT2D eigenvalue weighted by Crippen LogP contribution is 2.27. The molecule has 0 aliphatic heterocycles. The summed E-state index contributed by atoms with van der Waals surface area (Å²) >= 11 is 7.43. The molecule has 0 radical (unpaired) electrons. The average Bonchev–Trinajstić information content (AvgIpc) is 3.43. The number of nitrogen functional groups attached to an aromatic ring is 1. The van der Waals surface area contributed by atoms with Gasteiger partial charge in [0.15, 0.2) is 5.69 Å². The fourth-order valence-corrected chi connectivity index (χ4v) is 3.86. The van der Waals surface area contributed by atoms with E-state index >= 15 is 0 Å². The van der Waals surface area contributed by atoms with Gasteiger partial charge in [-0.25, -0.2) is 10.1 Å². The predicted molar refractivity (Wildman–Crippen MR) is 125 cm³/mol. The van der Waals surface area contributed by atoms with E-state index in [1.165, 1.54) is 16.4 Å². The van der Waals surface area contributed by atoms with Crippen LogP contribution in [0.2, 0.25) is 5.02 Å². The maximum absolute atomic E-state index is 12.9. The molecule has 0 fully saturated rings. The maximum atomic E-state index is 12.9. The highest BCUT2D eigenvalue weighted by atomic mass is 35.5. The highest BCUT2D eigenvalue weighted by molar-refractivity contribution is 7.98. The van der Waals surface area contributed by atoms with Gasteiger partial charge in [-0.1, -0.05) is 46.6 Å². The van der Waals surface area contributed by atoms with Crippen LogP contribution in [0.5, 0.6) is 0 Å². The van der Waals surface area contributed by atoms with Crippen LogP contribution in [-0.2, 0) is 5.75 Å². The molecule has 0 bridgehead atoms. The summed E-state index contributed by atoms with van der Waals surface area (Å²) in [4.78, 5) is 13.9. The van der Waals surface area contributed by atoms with Gasteiger partial charge < -0.3 is 5.73 Å². The number of rotatable bonds is 7. The molecule has 0 aliphatic carbocycles. The lowest BCUT2D eigenvalue weighted by Gasteiger charge is -2.06. The van der Waals surface area contributed by atoms with Crippen molar-refractivity contribution in [2.75, 3.05) is 5.73 Å². The minimum atomic E-state index is -0.519. The van der Waals surface area contributed by atoms with Gasteiger partial charge in [0.25, 0.3) is 5.91 Å². The summed E-state index contributed by atoms with van der Waals surface area (Å²) in [5, 5.41) is 20.3. The van der Waals surface area contributed by atoms with Crippen LogP contribution in [0.25, 0.3) is 5.82 Å². The number of nitrogens with one attached hydrogen (secondary N) is 1. The molecular formula is C21H19ClN8O2S. The molecule has 3 N–H and O–H groups in total. The number of aromatic nitrogens is 5. The molecule has 1 amide bonds. The third kappa shape index (κ3) is 5.21. The first-order valence-corrected chi connectivity index (χ1v) is 11.1. The Bertz CT molecular complexity index is 1300. The van der Waals surface area contributed by atoms with Gasteiger partial charge in [-0.05, 0) is 54.0 Å². The lowest BCUT2D eigenvalue weighted by atomic mass is 10.1. The number of nitrogens with two attached hydrogens (primary N) is 1. The normalized spacial score (nSPS) is 11.5. The molecule has 0 aliphatic rings. The minimum absolute atomic E-state index is 0.0258. The number of hydrogen-bond donors (Lipinski definition) is 2. The number of hydrazone groups is 1. The molecule has 168 valence electrons. The van der Waals surface area contributed by atoms with E-state index in [4.69, 9.17) is 17.3 Å². The van der Waals surface area contributed by atoms with Gasteiger partial charge in [0.05, 0.1) is 11.4 Å². The monoisotopic (exact) mass is 482 g/mol. The van der Waals surface area contributed by atoms with Crippen molar-refractivity contribution in [2.45, 2.75) is 24.5 Å². The van der Waals surface area contributed by atoms with Crippen molar-refractivity contribution in [1.29, 1.82) is 0 Å². The molecule has 0 spiro atoms. The van der Waals surface area contributed by atoms with Crippen molar-refractivity contribution in [3.8, 4) is 5.82 Å². The second-order valence-corrected chi connectivity index (χ2v) is 8.50. The third-order valence-corrected chi connectivity index (χ3v) is 5.93. The van der Waals surface area contributed by atoms with Crippen LogP contribution in [0.15, 0.2) is 63.2 Å². The molecule has 4 rings (SSSR count). The first-order valence-electron chi connectivity index (χ1n) is 9.75. The van der Waals surface area contributed by atoms with Crippen LogP contribution < -0.4 is 11.2 Å². The second-order valence-electron chi connectivity index (χ2n) is 7.02. The molecule has 33 heavy (non-hydrogen) atoms. The molecule has 12 heteroatoms. The summed E-state index contributed by atoms with van der Waals surface area (Å²) in [6.07, 6.45) is 0. The molecule has 0 unspecified atom stereocenters. The lowest BCUT2D eigenvalue weighted by molar-refractivity contribution is 0.0949. The Morgan fingerprint density at radius 3 is 2.58 bits per heavy atom. The van der Waals surface area contributed by atoms with Crippen LogP contribution in [0, 0.1) is 6.92 Å². The van der Waals surface area contributed by atoms with Crippen molar-refractivity contribution < 1.29 is 9.42 Å². The molecule has 10 nitrogen and oxygen atoms in total. The van der Waals surface area contributed by atoms with Crippen LogP contribution in [0.4, 0.5) is 5.82 Å². The van der Waals surface area contributed by atoms with Crippen molar-refractivity contribution in [1.82, 2.24) is 30.7 Å². The smallest absolute Gasteiger partial charge is 0.293 e. The highest BCUT2D eigenvalue weighted by Gasteiger charge is 2.24. The minimum Gasteiger partial charge on any atom is -0.378 e. The van der Waals surface area contributed by atoms with Crippen LogP contribution >= 0.6 is 23.4 Å². The number of benzene rings is 2. The maximum Gasteiger partial charge on any atom is 0.293 e. The van der Waals surface area contributed by atoms with Crippen molar-refractivity contribution in [2.24, 2.45) is 5.10 Å². The van der Waals surface area contributed by atoms with Crippen LogP contribution in [0.1, 0.15) is 34.2 Å². The molecule has 2 aromatic heterocycles. The molecule has 2 heterocycles. The molecule has 0 saturated heterocycles. The number of aryl methyl sites for hydroxylation is 1. The molecule has 4 aromatic rings. The van der Waals surface area contributed by atoms with Gasteiger partial charge in [0.2, 0.25) is 11.6 Å². The van der Waals surface area contributed by atoms with E-state index in [-0.39, 0.29) is 17.3 Å². The fourth-order valence-electron chi connectivity index (χ4n) is 2.84. The zero-order valence-corrected chi connectivity index (χ0v) is 19.3. The Kier molecular flexibility index (Phi) is 6.71. The molecule has 2 aromatic carbocycles. The average molecular weight is 483 g/mol. The number of anilines is 1. The van der Waals surface area contributed by atoms with Gasteiger partial charge in [-0.2, -0.15) is 9.78 Å². The molecular weight excluding hydrogens is 464 g/mol. The predicted octanol–water partition coefficient (Wildman–Crippen LogP) is 3.64. The first kappa shape index (κ1) is 22.5. The van der Waals surface area contributed by atoms with Crippen molar-refractivity contribution in [3.05, 3.63) is 76.1 Å². The van der Waals surface area contributed by atoms with Crippen LogP contribution in [-0.4, -0.2) is 36.9 Å². The number of carbonyl (C=O) groups is 1. The SMILES string of the molecule is C/C(=N\NC(=O)c1nnn(-c2nonc2N)c1CSc1ccc(Cl)cc1)c1ccc(C)cc1. The quantitative estimate of drug-likeness (QED) is 0.231. The number of amides is 1. The Morgan fingerprint density at radius 2 is 1.91 bits per heavy atom. The number of carbonyl (C=O) groups excluding carboxylic acids is 1. The Balaban J connectivity index is 1.59. The second kappa shape index (κ2) is 9.84. The standard InChI is InChI=1S/C21H19ClN8O2S/c1-12-3-5-14(6-4-12)13(2)24-26-21(31)18-17(11-33-16-9-7-15(22)8-10-16)30(29-25-18)20-19(23)27-32-28-20/h3-10H,11H2,1-2H3,(H2,23,27)(H,26,31)/b24-13+. The number of nitrogens with zero attached hydrogens (tertiary/aromatic N) is 6. The van der Waals surface area contributed by atoms with E-state index in [0.717, 1.165) is 16.0 Å². The van der Waals surface area contributed by atoms with Gasteiger partial charge >= 0.3 is 0 Å². The van der Waals surface area contributed by atoms with Crippen LogP contribution in [0.3, 0.4) is 0 Å². The zero-order chi connectivity index (χ0) is 23.4. The summed E-state index contributed by atoms with van der Waals surface area (Å²) in [5.41, 5.74) is 11.6. The van der Waals surface area contributed by atoms with Gasteiger partial charge in [0, 0.05) is 15.7 Å². The van der Waals surface area contributed by atoms with E-state index in [1.54, 1.807) is 19.1 Å². The van der Waals surface area contributed by atoms with E-state index in [9.17, 15) is 4.79 Å². The van der Waals surface area contributed by atoms with E-state index in [1.807, 2.05) is 43.3 Å². The van der Waals surface area contributed by atoms with Crippen molar-refractivity contribution in [3.63, 3.8) is 0 Å². The summed E-state index contributed by atoms with van der Waals surface area (Å²) in [6, 6.07) is 15.2. The van der Waals surface area contributed by atoms with Gasteiger partial charge in [0.1, 0.15) is 0 Å². The Morgan fingerprint density at radius 1 is 1.18 bits per heavy atom. The zero-order valence-electron chi connectivity index (χ0n) is 17.7. The number of thioether (sulfide) groups is 1. The molecule has 0 saturated carbocycles. The van der Waals surface area contributed by atoms with Gasteiger partial charge in [-0.3, -0.25) is 4.79 Å². The lowest BCUT2D eigenvalue weighted by Crippen LogP contribution is -2.21. The summed E-state index contributed by atoms with van der Waals surface area (Å²) < 4.78 is 6.01. The Hall–Kier alpha value is -3.70. The van der Waals surface area contributed by atoms with Gasteiger partial charge in [-0.15, -0.1) is 16.9 Å². The third-order valence-electron chi connectivity index (χ3n) is 4.66. The molecule has 0 atom stereocenters. The first-order chi connectivity index (χ1) is 15.9. The summed E-state index contributed by atoms with van der Waals surface area (Å²) in [5.74, 6) is -0.00970. The largest absolute Gasteiger partial charge is 0.378 e. The summed E-state index contributed by atoms with van der Waals surface area (Å²) in [6.45, 7) is 3.81. The number of halogens is 1. The Labute approximate surface area is 198 Å². The fraction of sp³-hybridized carbons (Fsp3) is 0.143. The topological polar surface area (TPSA) is 137 Å².